The Balaban J connectivity index is 1.81. The Morgan fingerprint density at radius 2 is 2.05 bits per heavy atom. The molecule has 110 valence electrons. The van der Waals surface area contributed by atoms with E-state index in [1.165, 1.54) is 36.5 Å². The number of aryl methyl sites for hydroxylation is 2. The Labute approximate surface area is 126 Å². The molecule has 2 unspecified atom stereocenters. The van der Waals surface area contributed by atoms with Gasteiger partial charge < -0.3 is 5.73 Å². The van der Waals surface area contributed by atoms with E-state index in [1.807, 2.05) is 13.0 Å². The maximum Gasteiger partial charge on any atom is 0.123 e. The molecular formula is C19H22FN. The van der Waals surface area contributed by atoms with Gasteiger partial charge in [-0.1, -0.05) is 30.3 Å². The van der Waals surface area contributed by atoms with E-state index >= 15 is 0 Å². The number of hydrogen-bond donors (Lipinski definition) is 1. The zero-order valence-corrected chi connectivity index (χ0v) is 12.5. The molecular weight excluding hydrogens is 261 g/mol. The van der Waals surface area contributed by atoms with Crippen LogP contribution in [0, 0.1) is 12.7 Å². The lowest BCUT2D eigenvalue weighted by Crippen LogP contribution is -2.18. The fourth-order valence-corrected chi connectivity index (χ4v) is 3.59. The van der Waals surface area contributed by atoms with Gasteiger partial charge in [-0.05, 0) is 72.9 Å². The topological polar surface area (TPSA) is 26.0 Å². The van der Waals surface area contributed by atoms with Crippen molar-refractivity contribution in [1.82, 2.24) is 0 Å². The van der Waals surface area contributed by atoms with Crippen LogP contribution in [0.15, 0.2) is 42.5 Å². The van der Waals surface area contributed by atoms with Crippen molar-refractivity contribution >= 4 is 0 Å². The number of hydrogen-bond acceptors (Lipinski definition) is 1. The quantitative estimate of drug-likeness (QED) is 0.872. The van der Waals surface area contributed by atoms with Gasteiger partial charge in [0, 0.05) is 6.04 Å². The van der Waals surface area contributed by atoms with Gasteiger partial charge in [0.15, 0.2) is 0 Å². The van der Waals surface area contributed by atoms with Gasteiger partial charge >= 0.3 is 0 Å². The number of nitrogens with two attached hydrogens (primary N) is 1. The predicted octanol–water partition coefficient (Wildman–Crippen LogP) is 4.64. The predicted molar refractivity (Wildman–Crippen MR) is 84.8 cm³/mol. The van der Waals surface area contributed by atoms with E-state index in [0.29, 0.717) is 5.92 Å². The number of benzene rings is 2. The minimum atomic E-state index is -0.188. The number of rotatable bonds is 3. The SMILES string of the molecule is Cc1cc(F)ccc1C(N)CC1CCCc2ccccc21. The summed E-state index contributed by atoms with van der Waals surface area (Å²) in [5.74, 6) is 0.334. The van der Waals surface area contributed by atoms with Gasteiger partial charge in [-0.2, -0.15) is 0 Å². The zero-order chi connectivity index (χ0) is 14.8. The normalized spacial score (nSPS) is 19.1. The summed E-state index contributed by atoms with van der Waals surface area (Å²) in [5, 5.41) is 0. The second-order valence-electron chi connectivity index (χ2n) is 6.13. The molecule has 0 heterocycles. The van der Waals surface area contributed by atoms with Gasteiger partial charge in [0.25, 0.3) is 0 Å². The van der Waals surface area contributed by atoms with Crippen molar-refractivity contribution < 1.29 is 4.39 Å². The van der Waals surface area contributed by atoms with Crippen molar-refractivity contribution in [2.75, 3.05) is 0 Å². The lowest BCUT2D eigenvalue weighted by atomic mass is 9.78. The minimum Gasteiger partial charge on any atom is -0.324 e. The van der Waals surface area contributed by atoms with Crippen LogP contribution >= 0.6 is 0 Å². The molecule has 2 aromatic rings. The number of fused-ring (bicyclic) bond motifs is 1. The molecule has 0 spiro atoms. The van der Waals surface area contributed by atoms with Gasteiger partial charge in [0.05, 0.1) is 0 Å². The van der Waals surface area contributed by atoms with Crippen molar-refractivity contribution in [1.29, 1.82) is 0 Å². The largest absolute Gasteiger partial charge is 0.324 e. The molecule has 0 aromatic heterocycles. The molecule has 1 nitrogen and oxygen atoms in total. The second-order valence-corrected chi connectivity index (χ2v) is 6.13. The van der Waals surface area contributed by atoms with Crippen molar-refractivity contribution in [2.45, 2.75) is 44.6 Å². The van der Waals surface area contributed by atoms with E-state index in [-0.39, 0.29) is 11.9 Å². The van der Waals surface area contributed by atoms with Gasteiger partial charge in [-0.25, -0.2) is 4.39 Å². The van der Waals surface area contributed by atoms with E-state index in [4.69, 9.17) is 5.73 Å². The van der Waals surface area contributed by atoms with Crippen LogP contribution in [0.3, 0.4) is 0 Å². The minimum absolute atomic E-state index is 0.0262. The number of halogens is 1. The van der Waals surface area contributed by atoms with Crippen LogP contribution in [0.1, 0.15) is 53.5 Å². The van der Waals surface area contributed by atoms with Crippen LogP contribution in [-0.2, 0) is 6.42 Å². The van der Waals surface area contributed by atoms with Crippen LogP contribution in [0.4, 0.5) is 4.39 Å². The van der Waals surface area contributed by atoms with Crippen molar-refractivity contribution in [3.63, 3.8) is 0 Å². The van der Waals surface area contributed by atoms with Crippen molar-refractivity contribution in [3.8, 4) is 0 Å². The molecule has 1 aliphatic rings. The van der Waals surface area contributed by atoms with Crippen molar-refractivity contribution in [2.24, 2.45) is 5.73 Å². The highest BCUT2D eigenvalue weighted by molar-refractivity contribution is 5.34. The van der Waals surface area contributed by atoms with E-state index < -0.39 is 0 Å². The van der Waals surface area contributed by atoms with E-state index in [1.54, 1.807) is 6.07 Å². The van der Waals surface area contributed by atoms with Crippen LogP contribution < -0.4 is 5.73 Å². The molecule has 2 N–H and O–H groups in total. The standard InChI is InChI=1S/C19H22FN/c1-13-11-16(20)9-10-17(13)19(21)12-15-7-4-6-14-5-2-3-8-18(14)15/h2-3,5,8-11,15,19H,4,6-7,12,21H2,1H3. The van der Waals surface area contributed by atoms with Crippen LogP contribution in [0.2, 0.25) is 0 Å². The lowest BCUT2D eigenvalue weighted by Gasteiger charge is -2.28. The molecule has 0 fully saturated rings. The molecule has 2 aromatic carbocycles. The zero-order valence-electron chi connectivity index (χ0n) is 12.5. The molecule has 3 rings (SSSR count). The molecule has 0 saturated carbocycles. The highest BCUT2D eigenvalue weighted by atomic mass is 19.1. The fraction of sp³-hybridized carbons (Fsp3) is 0.368. The first-order valence-corrected chi connectivity index (χ1v) is 7.74. The first-order chi connectivity index (χ1) is 10.1. The molecule has 0 radical (unpaired) electrons. The van der Waals surface area contributed by atoms with Gasteiger partial charge in [0.2, 0.25) is 0 Å². The molecule has 2 atom stereocenters. The average molecular weight is 283 g/mol. The molecule has 1 aliphatic carbocycles. The Bertz CT molecular complexity index is 635. The molecule has 2 heteroatoms. The van der Waals surface area contributed by atoms with Gasteiger partial charge in [0.1, 0.15) is 5.82 Å². The maximum atomic E-state index is 13.2. The summed E-state index contributed by atoms with van der Waals surface area (Å²) in [5.41, 5.74) is 11.4. The average Bonchev–Trinajstić information content (AvgIpc) is 2.47. The third-order valence-electron chi connectivity index (χ3n) is 4.66. The summed E-state index contributed by atoms with van der Waals surface area (Å²) >= 11 is 0. The van der Waals surface area contributed by atoms with Crippen LogP contribution in [0.5, 0.6) is 0 Å². The van der Waals surface area contributed by atoms with Crippen molar-refractivity contribution in [3.05, 3.63) is 70.5 Å². The molecule has 0 amide bonds. The summed E-state index contributed by atoms with van der Waals surface area (Å²) in [6.07, 6.45) is 4.54. The van der Waals surface area contributed by atoms with E-state index in [9.17, 15) is 4.39 Å². The third kappa shape index (κ3) is 3.01. The third-order valence-corrected chi connectivity index (χ3v) is 4.66. The smallest absolute Gasteiger partial charge is 0.123 e. The van der Waals surface area contributed by atoms with Crippen LogP contribution in [0.25, 0.3) is 0 Å². The summed E-state index contributed by atoms with van der Waals surface area (Å²) in [4.78, 5) is 0. The Morgan fingerprint density at radius 1 is 1.24 bits per heavy atom. The first kappa shape index (κ1) is 14.3. The Morgan fingerprint density at radius 3 is 2.86 bits per heavy atom. The molecule has 0 saturated heterocycles. The maximum absolute atomic E-state index is 13.2. The molecule has 0 bridgehead atoms. The lowest BCUT2D eigenvalue weighted by molar-refractivity contribution is 0.475. The highest BCUT2D eigenvalue weighted by Crippen LogP contribution is 2.37. The van der Waals surface area contributed by atoms with Crippen LogP contribution in [-0.4, -0.2) is 0 Å². The van der Waals surface area contributed by atoms with E-state index in [0.717, 1.165) is 17.5 Å². The summed E-state index contributed by atoms with van der Waals surface area (Å²) in [7, 11) is 0. The van der Waals surface area contributed by atoms with E-state index in [2.05, 4.69) is 24.3 Å². The summed E-state index contributed by atoms with van der Waals surface area (Å²) in [6.45, 7) is 1.94. The first-order valence-electron chi connectivity index (χ1n) is 7.74. The highest BCUT2D eigenvalue weighted by Gasteiger charge is 2.23. The summed E-state index contributed by atoms with van der Waals surface area (Å²) < 4.78 is 13.2. The Kier molecular flexibility index (Phi) is 4.07. The Hall–Kier alpha value is -1.67. The monoisotopic (exact) mass is 283 g/mol. The van der Waals surface area contributed by atoms with Gasteiger partial charge in [-0.3, -0.25) is 0 Å². The second kappa shape index (κ2) is 5.98. The molecule has 21 heavy (non-hydrogen) atoms. The fourth-order valence-electron chi connectivity index (χ4n) is 3.59. The molecule has 0 aliphatic heterocycles. The summed E-state index contributed by atoms with van der Waals surface area (Å²) in [6, 6.07) is 13.6. The van der Waals surface area contributed by atoms with Gasteiger partial charge in [-0.15, -0.1) is 0 Å².